The monoisotopic (exact) mass is 640 g/mol. The summed E-state index contributed by atoms with van der Waals surface area (Å²) >= 11 is 0.932. The lowest BCUT2D eigenvalue weighted by Gasteiger charge is -2.64. The molecular formula is C32H45BN4O7S. The van der Waals surface area contributed by atoms with Crippen LogP contribution in [0.1, 0.15) is 112 Å². The number of anilines is 1. The van der Waals surface area contributed by atoms with Gasteiger partial charge >= 0.3 is 19.2 Å². The van der Waals surface area contributed by atoms with Gasteiger partial charge in [-0.15, -0.1) is 10.2 Å². The van der Waals surface area contributed by atoms with E-state index in [0.717, 1.165) is 29.7 Å². The first kappa shape index (κ1) is 33.3. The lowest BCUT2D eigenvalue weighted by atomic mass is 9.43. The molecule has 2 unspecified atom stereocenters. The molecule has 6 rings (SSSR count). The van der Waals surface area contributed by atoms with Crippen LogP contribution in [0.3, 0.4) is 0 Å². The molecule has 2 amide bonds. The number of hydrogen-bond acceptors (Lipinski definition) is 10. The fourth-order valence-corrected chi connectivity index (χ4v) is 7.70. The van der Waals surface area contributed by atoms with Gasteiger partial charge in [-0.3, -0.25) is 10.1 Å². The molecule has 1 saturated heterocycles. The summed E-state index contributed by atoms with van der Waals surface area (Å²) in [5, 5.41) is 13.8. The van der Waals surface area contributed by atoms with Crippen molar-refractivity contribution in [3.63, 3.8) is 0 Å². The minimum atomic E-state index is -0.691. The summed E-state index contributed by atoms with van der Waals surface area (Å²) in [4.78, 5) is 38.9. The van der Waals surface area contributed by atoms with E-state index in [2.05, 4.69) is 41.6 Å². The van der Waals surface area contributed by atoms with Crippen LogP contribution in [0.15, 0.2) is 18.2 Å². The van der Waals surface area contributed by atoms with Gasteiger partial charge in [0.1, 0.15) is 11.2 Å². The first-order valence-electron chi connectivity index (χ1n) is 15.6. The third-order valence-electron chi connectivity index (χ3n) is 9.33. The topological polar surface area (TPSA) is 138 Å². The van der Waals surface area contributed by atoms with Gasteiger partial charge in [0.25, 0.3) is 5.91 Å². The molecule has 4 fully saturated rings. The number of aromatic nitrogens is 2. The molecule has 4 aliphatic rings. The van der Waals surface area contributed by atoms with Gasteiger partial charge in [-0.2, -0.15) is 0 Å². The van der Waals surface area contributed by atoms with Crippen molar-refractivity contribution in [3.05, 3.63) is 39.9 Å². The number of ether oxygens (including phenoxy) is 2. The molecule has 0 radical (unpaired) electrons. The van der Waals surface area contributed by atoms with E-state index < -0.39 is 47.9 Å². The zero-order chi connectivity index (χ0) is 33.1. The highest BCUT2D eigenvalue weighted by molar-refractivity contribution is 7.17. The molecule has 1 aromatic carbocycles. The molecule has 2 N–H and O–H groups in total. The van der Waals surface area contributed by atoms with Gasteiger partial charge in [0.15, 0.2) is 0 Å². The largest absolute Gasteiger partial charge is 0.460 e. The minimum Gasteiger partial charge on any atom is -0.456 e. The summed E-state index contributed by atoms with van der Waals surface area (Å²) in [6.07, 6.45) is 1.68. The van der Waals surface area contributed by atoms with E-state index in [1.54, 1.807) is 32.9 Å². The van der Waals surface area contributed by atoms with E-state index in [4.69, 9.17) is 18.8 Å². The van der Waals surface area contributed by atoms with Crippen molar-refractivity contribution in [2.24, 2.45) is 17.3 Å². The lowest BCUT2D eigenvalue weighted by molar-refractivity contribution is -0.199. The molecule has 2 heterocycles. The lowest BCUT2D eigenvalue weighted by Crippen LogP contribution is -2.65. The van der Waals surface area contributed by atoms with E-state index >= 15 is 0 Å². The molecule has 45 heavy (non-hydrogen) atoms. The predicted molar refractivity (Wildman–Crippen MR) is 171 cm³/mol. The molecule has 2 aromatic rings. The van der Waals surface area contributed by atoms with Crippen LogP contribution in [-0.4, -0.2) is 58.2 Å². The summed E-state index contributed by atoms with van der Waals surface area (Å²) in [6, 6.07) is 4.79. The van der Waals surface area contributed by atoms with Crippen molar-refractivity contribution in [1.29, 1.82) is 0 Å². The Labute approximate surface area is 269 Å². The Morgan fingerprint density at radius 1 is 1.07 bits per heavy atom. The molecule has 1 aromatic heterocycles. The van der Waals surface area contributed by atoms with E-state index in [1.165, 1.54) is 0 Å². The van der Waals surface area contributed by atoms with Crippen molar-refractivity contribution >= 4 is 41.6 Å². The molecule has 11 nitrogen and oxygen atoms in total. The molecular weight excluding hydrogens is 595 g/mol. The van der Waals surface area contributed by atoms with Gasteiger partial charge in [0.2, 0.25) is 10.1 Å². The van der Waals surface area contributed by atoms with Crippen molar-refractivity contribution in [3.8, 4) is 0 Å². The number of hydrogen-bond donors (Lipinski definition) is 2. The Morgan fingerprint density at radius 2 is 1.76 bits per heavy atom. The van der Waals surface area contributed by atoms with Crippen LogP contribution in [0, 0.1) is 24.2 Å². The molecule has 1 aliphatic heterocycles. The first-order valence-corrected chi connectivity index (χ1v) is 16.4. The average molecular weight is 641 g/mol. The van der Waals surface area contributed by atoms with Crippen LogP contribution in [-0.2, 0) is 18.8 Å². The number of nitrogens with one attached hydrogen (secondary N) is 2. The Kier molecular flexibility index (Phi) is 8.63. The molecule has 5 atom stereocenters. The van der Waals surface area contributed by atoms with Gasteiger partial charge in [0.05, 0.1) is 23.3 Å². The molecule has 0 spiro atoms. The van der Waals surface area contributed by atoms with Gasteiger partial charge in [-0.1, -0.05) is 37.3 Å². The summed E-state index contributed by atoms with van der Waals surface area (Å²) in [7, 11) is -0.566. The molecule has 3 saturated carbocycles. The highest BCUT2D eigenvalue weighted by Crippen LogP contribution is 2.66. The van der Waals surface area contributed by atoms with Crippen molar-refractivity contribution in [1.82, 2.24) is 15.5 Å². The van der Waals surface area contributed by atoms with E-state index in [1.807, 2.05) is 33.8 Å². The number of rotatable bonds is 7. The second-order valence-electron chi connectivity index (χ2n) is 15.2. The smallest absolute Gasteiger partial charge is 0.456 e. The van der Waals surface area contributed by atoms with Crippen LogP contribution in [0.2, 0.25) is 6.32 Å². The molecule has 13 heteroatoms. The van der Waals surface area contributed by atoms with E-state index in [9.17, 15) is 14.4 Å². The van der Waals surface area contributed by atoms with Crippen LogP contribution in [0.4, 0.5) is 9.93 Å². The van der Waals surface area contributed by atoms with Crippen LogP contribution < -0.4 is 10.6 Å². The highest BCUT2D eigenvalue weighted by atomic mass is 32.1. The summed E-state index contributed by atoms with van der Waals surface area (Å²) in [5.74, 6) is 0.0676. The standard InChI is InChI=1S/C32H45BN4O7S/c1-17-19(12-11-13-20(17)26(39)41-29(2,3)4)21(16-33-43-23-15-18-14-22(31(18,8)9)32(23,10)44-33)34-24(38)25-36-37-27(45-25)35-28(40)42-30(5,6)7/h11-13,18,21-23H,14-16H2,1-10H3,(H,34,38)(H,35,37,40)/t18-,21?,22-,23?,32-/m0/s1. The van der Waals surface area contributed by atoms with Crippen LogP contribution in [0.5, 0.6) is 0 Å². The highest BCUT2D eigenvalue weighted by Gasteiger charge is 2.67. The average Bonchev–Trinajstić information content (AvgIpc) is 3.49. The van der Waals surface area contributed by atoms with Gasteiger partial charge in [-0.25, -0.2) is 9.59 Å². The fourth-order valence-electron chi connectivity index (χ4n) is 7.07. The third-order valence-corrected chi connectivity index (χ3v) is 10.2. The minimum absolute atomic E-state index is 0.0190. The summed E-state index contributed by atoms with van der Waals surface area (Å²) < 4.78 is 24.2. The zero-order valence-corrected chi connectivity index (χ0v) is 28.7. The predicted octanol–water partition coefficient (Wildman–Crippen LogP) is 6.35. The SMILES string of the molecule is Cc1c(C(=O)OC(C)(C)C)cccc1C(CB1OC2C[C@@H]3C[C@@H](C3(C)C)[C@]2(C)O1)NC(=O)c1nnc(NC(=O)OC(C)(C)C)s1. The number of esters is 1. The normalized spacial score (nSPS) is 25.9. The van der Waals surface area contributed by atoms with E-state index in [0.29, 0.717) is 29.3 Å². The number of amides is 2. The number of benzene rings is 1. The van der Waals surface area contributed by atoms with Crippen LogP contribution >= 0.6 is 11.3 Å². The maximum atomic E-state index is 13.6. The molecule has 244 valence electrons. The third kappa shape index (κ3) is 6.90. The fraction of sp³-hybridized carbons (Fsp3) is 0.656. The van der Waals surface area contributed by atoms with Crippen molar-refractivity contribution < 1.29 is 33.2 Å². The Balaban J connectivity index is 1.39. The quantitative estimate of drug-likeness (QED) is 0.262. The number of carbonyl (C=O) groups is 3. The maximum absolute atomic E-state index is 13.6. The number of nitrogens with zero attached hydrogens (tertiary/aromatic N) is 2. The first-order chi connectivity index (χ1) is 20.8. The second-order valence-corrected chi connectivity index (χ2v) is 16.2. The van der Waals surface area contributed by atoms with Crippen molar-refractivity contribution in [2.45, 2.75) is 117 Å². The summed E-state index contributed by atoms with van der Waals surface area (Å²) in [5.41, 5.74) is 0.264. The van der Waals surface area contributed by atoms with Gasteiger partial charge < -0.3 is 24.1 Å². The maximum Gasteiger partial charge on any atom is 0.460 e. The van der Waals surface area contributed by atoms with Gasteiger partial charge in [0, 0.05) is 6.32 Å². The molecule has 2 bridgehead atoms. The zero-order valence-electron chi connectivity index (χ0n) is 27.9. The van der Waals surface area contributed by atoms with Crippen molar-refractivity contribution in [2.75, 3.05) is 5.32 Å². The Hall–Kier alpha value is -3.03. The van der Waals surface area contributed by atoms with E-state index in [-0.39, 0.29) is 21.7 Å². The van der Waals surface area contributed by atoms with Crippen LogP contribution in [0.25, 0.3) is 0 Å². The number of carbonyl (C=O) groups excluding carboxylic acids is 3. The Morgan fingerprint density at radius 3 is 2.40 bits per heavy atom. The summed E-state index contributed by atoms with van der Waals surface area (Å²) in [6.45, 7) is 19.3. The second kappa shape index (κ2) is 11.6. The molecule has 3 aliphatic carbocycles. The van der Waals surface area contributed by atoms with Gasteiger partial charge in [-0.05, 0) is 103 Å². The Bertz CT molecular complexity index is 1480.